The number of benzene rings is 1. The molecule has 4 nitrogen and oxygen atoms in total. The highest BCUT2D eigenvalue weighted by atomic mass is 35.5. The van der Waals surface area contributed by atoms with E-state index in [1.165, 1.54) is 0 Å². The Hall–Kier alpha value is -1.81. The van der Waals surface area contributed by atoms with Crippen LogP contribution in [-0.4, -0.2) is 10.1 Å². The third kappa shape index (κ3) is 1.67. The Kier molecular flexibility index (Phi) is 2.44. The van der Waals surface area contributed by atoms with E-state index >= 15 is 0 Å². The molecule has 1 aromatic heterocycles. The third-order valence-electron chi connectivity index (χ3n) is 2.23. The van der Waals surface area contributed by atoms with Crippen molar-refractivity contribution in [2.75, 3.05) is 0 Å². The van der Waals surface area contributed by atoms with Crippen LogP contribution in [0, 0.1) is 6.92 Å². The van der Waals surface area contributed by atoms with Crippen molar-refractivity contribution in [2.24, 2.45) is 0 Å². The second-order valence-electron chi connectivity index (χ2n) is 3.52. The molecule has 2 aromatic rings. The van der Waals surface area contributed by atoms with Gasteiger partial charge >= 0.3 is 0 Å². The molecule has 0 aliphatic heterocycles. The van der Waals surface area contributed by atoms with Gasteiger partial charge in [0.25, 0.3) is 5.56 Å². The van der Waals surface area contributed by atoms with E-state index in [4.69, 9.17) is 11.6 Å². The van der Waals surface area contributed by atoms with Gasteiger partial charge in [0.05, 0.1) is 15.9 Å². The first kappa shape index (κ1) is 10.7. The molecule has 1 heterocycles. The summed E-state index contributed by atoms with van der Waals surface area (Å²) < 4.78 is 0. The molecule has 2 rings (SSSR count). The number of nitrogens with one attached hydrogen (secondary N) is 1. The summed E-state index contributed by atoms with van der Waals surface area (Å²) in [5, 5.41) is 9.70. The predicted octanol–water partition coefficient (Wildman–Crippen LogP) is 1.56. The Balaban J connectivity index is 3.16. The standard InChI is InChI=1S/C11H8ClNO3/c1-5-2-6(12)10-7(3-5)13-11(16)9(15)4-8(10)14/h2-4,15H,1H3,(H,13,16). The zero-order valence-electron chi connectivity index (χ0n) is 8.37. The fraction of sp³-hybridized carbons (Fsp3) is 0.0909. The lowest BCUT2D eigenvalue weighted by atomic mass is 10.1. The van der Waals surface area contributed by atoms with E-state index in [1.54, 1.807) is 19.1 Å². The molecule has 0 bridgehead atoms. The summed E-state index contributed by atoms with van der Waals surface area (Å²) in [5.74, 6) is -0.616. The van der Waals surface area contributed by atoms with E-state index in [1.807, 2.05) is 0 Å². The number of aromatic amines is 1. The summed E-state index contributed by atoms with van der Waals surface area (Å²) >= 11 is 5.93. The minimum absolute atomic E-state index is 0.199. The molecular weight excluding hydrogens is 230 g/mol. The SMILES string of the molecule is Cc1cc(Cl)c2c(=O)cc(O)c(=O)[nH]c2c1. The number of hydrogen-bond donors (Lipinski definition) is 2. The van der Waals surface area contributed by atoms with Crippen LogP contribution in [0.3, 0.4) is 0 Å². The maximum absolute atomic E-state index is 11.7. The summed E-state index contributed by atoms with van der Waals surface area (Å²) in [6.07, 6.45) is 0. The average Bonchev–Trinajstić information content (AvgIpc) is 2.24. The number of H-pyrrole nitrogens is 1. The van der Waals surface area contributed by atoms with Crippen molar-refractivity contribution in [1.29, 1.82) is 0 Å². The van der Waals surface area contributed by atoms with Crippen LogP contribution in [0.5, 0.6) is 5.75 Å². The molecule has 0 aliphatic rings. The molecule has 1 aromatic carbocycles. The topological polar surface area (TPSA) is 70.2 Å². The number of aromatic hydroxyl groups is 1. The Morgan fingerprint density at radius 3 is 2.62 bits per heavy atom. The van der Waals surface area contributed by atoms with Crippen LogP contribution < -0.4 is 11.0 Å². The van der Waals surface area contributed by atoms with Crippen molar-refractivity contribution in [3.8, 4) is 5.75 Å². The van der Waals surface area contributed by atoms with E-state index in [-0.39, 0.29) is 10.4 Å². The maximum Gasteiger partial charge on any atom is 0.290 e. The molecule has 82 valence electrons. The van der Waals surface area contributed by atoms with E-state index in [0.29, 0.717) is 5.52 Å². The van der Waals surface area contributed by atoms with Crippen molar-refractivity contribution in [3.63, 3.8) is 0 Å². The quantitative estimate of drug-likeness (QED) is 0.731. The minimum atomic E-state index is -0.714. The molecular formula is C11H8ClNO3. The van der Waals surface area contributed by atoms with Crippen LogP contribution in [0.1, 0.15) is 5.56 Å². The predicted molar refractivity (Wildman–Crippen MR) is 62.3 cm³/mol. The van der Waals surface area contributed by atoms with Crippen LogP contribution in [0.4, 0.5) is 0 Å². The zero-order valence-corrected chi connectivity index (χ0v) is 9.13. The highest BCUT2D eigenvalue weighted by molar-refractivity contribution is 6.35. The van der Waals surface area contributed by atoms with Gasteiger partial charge in [-0.2, -0.15) is 0 Å². The fourth-order valence-electron chi connectivity index (χ4n) is 1.54. The number of rotatable bonds is 0. The lowest BCUT2D eigenvalue weighted by molar-refractivity contribution is 0.468. The Morgan fingerprint density at radius 1 is 1.25 bits per heavy atom. The van der Waals surface area contributed by atoms with Crippen molar-refractivity contribution in [1.82, 2.24) is 4.98 Å². The monoisotopic (exact) mass is 237 g/mol. The van der Waals surface area contributed by atoms with Gasteiger partial charge in [0.2, 0.25) is 0 Å². The van der Waals surface area contributed by atoms with Gasteiger partial charge < -0.3 is 10.1 Å². The summed E-state index contributed by atoms with van der Waals surface area (Å²) in [7, 11) is 0. The molecule has 16 heavy (non-hydrogen) atoms. The van der Waals surface area contributed by atoms with Crippen LogP contribution in [0.15, 0.2) is 27.8 Å². The molecule has 0 aliphatic carbocycles. The smallest absolute Gasteiger partial charge is 0.290 e. The lowest BCUT2D eigenvalue weighted by Crippen LogP contribution is -2.00. The molecule has 0 atom stereocenters. The average molecular weight is 238 g/mol. The molecule has 2 N–H and O–H groups in total. The molecule has 0 fully saturated rings. The van der Waals surface area contributed by atoms with Gasteiger partial charge in [0.1, 0.15) is 0 Å². The van der Waals surface area contributed by atoms with Gasteiger partial charge in [-0.25, -0.2) is 0 Å². The highest BCUT2D eigenvalue weighted by Crippen LogP contribution is 2.20. The number of hydrogen-bond acceptors (Lipinski definition) is 3. The van der Waals surface area contributed by atoms with Crippen LogP contribution in [0.25, 0.3) is 10.9 Å². The van der Waals surface area contributed by atoms with Gasteiger partial charge in [-0.1, -0.05) is 11.6 Å². The summed E-state index contributed by atoms with van der Waals surface area (Å²) in [6, 6.07) is 4.12. The molecule has 0 radical (unpaired) electrons. The second kappa shape index (κ2) is 3.64. The largest absolute Gasteiger partial charge is 0.503 e. The lowest BCUT2D eigenvalue weighted by Gasteiger charge is -1.97. The van der Waals surface area contributed by atoms with E-state index in [2.05, 4.69) is 4.98 Å². The summed E-state index contributed by atoms with van der Waals surface area (Å²) in [5.41, 5.74) is -0.0665. The van der Waals surface area contributed by atoms with Gasteiger partial charge in [0.15, 0.2) is 11.2 Å². The molecule has 5 heteroatoms. The van der Waals surface area contributed by atoms with Gasteiger partial charge in [-0.15, -0.1) is 0 Å². The summed E-state index contributed by atoms with van der Waals surface area (Å²) in [6.45, 7) is 1.79. The number of halogens is 1. The first-order valence-electron chi connectivity index (χ1n) is 4.55. The molecule has 0 spiro atoms. The van der Waals surface area contributed by atoms with Crippen molar-refractivity contribution in [3.05, 3.63) is 49.4 Å². The van der Waals surface area contributed by atoms with Crippen molar-refractivity contribution >= 4 is 22.5 Å². The fourth-order valence-corrected chi connectivity index (χ4v) is 1.91. The van der Waals surface area contributed by atoms with E-state index < -0.39 is 16.7 Å². The first-order valence-corrected chi connectivity index (χ1v) is 4.93. The number of aromatic nitrogens is 1. The van der Waals surface area contributed by atoms with Gasteiger partial charge in [-0.05, 0) is 24.6 Å². The normalized spacial score (nSPS) is 10.6. The number of fused-ring (bicyclic) bond motifs is 1. The van der Waals surface area contributed by atoms with Crippen LogP contribution >= 0.6 is 11.6 Å². The van der Waals surface area contributed by atoms with Gasteiger partial charge in [-0.3, -0.25) is 9.59 Å². The summed E-state index contributed by atoms with van der Waals surface area (Å²) in [4.78, 5) is 25.4. The minimum Gasteiger partial charge on any atom is -0.503 e. The molecule has 0 saturated carbocycles. The van der Waals surface area contributed by atoms with Crippen molar-refractivity contribution < 1.29 is 5.11 Å². The van der Waals surface area contributed by atoms with Crippen LogP contribution in [0.2, 0.25) is 5.02 Å². The van der Waals surface area contributed by atoms with E-state index in [0.717, 1.165) is 11.6 Å². The second-order valence-corrected chi connectivity index (χ2v) is 3.92. The number of aryl methyl sites for hydroxylation is 1. The highest BCUT2D eigenvalue weighted by Gasteiger charge is 2.06. The Labute approximate surface area is 95.1 Å². The first-order chi connectivity index (χ1) is 7.49. The maximum atomic E-state index is 11.7. The Bertz CT molecular complexity index is 691. The third-order valence-corrected chi connectivity index (χ3v) is 2.53. The molecule has 0 amide bonds. The van der Waals surface area contributed by atoms with Gasteiger partial charge in [0, 0.05) is 6.07 Å². The van der Waals surface area contributed by atoms with Crippen LogP contribution in [-0.2, 0) is 0 Å². The van der Waals surface area contributed by atoms with Crippen molar-refractivity contribution in [2.45, 2.75) is 6.92 Å². The van der Waals surface area contributed by atoms with E-state index in [9.17, 15) is 14.7 Å². The zero-order chi connectivity index (χ0) is 11.9. The molecule has 0 saturated heterocycles. The molecule has 0 unspecified atom stereocenters. The Morgan fingerprint density at radius 2 is 1.94 bits per heavy atom.